The van der Waals surface area contributed by atoms with Crippen LogP contribution in [0, 0.1) is 0 Å². The van der Waals surface area contributed by atoms with Crippen LogP contribution in [0.15, 0.2) is 18.2 Å². The van der Waals surface area contributed by atoms with Crippen molar-refractivity contribution in [1.29, 1.82) is 0 Å². The van der Waals surface area contributed by atoms with Crippen molar-refractivity contribution in [2.75, 3.05) is 11.5 Å². The zero-order valence-electron chi connectivity index (χ0n) is 8.96. The maximum Gasteiger partial charge on any atom is 0.0582 e. The van der Waals surface area contributed by atoms with E-state index in [9.17, 15) is 0 Å². The fraction of sp³-hybridized carbons (Fsp3) is 0.455. The average molecular weight is 180 g/mol. The SMILES string of the molecule is CC.CC(C)c1cccc(N)c1N. The number of para-hydroxylation sites is 1. The molecule has 0 fully saturated rings. The molecular weight excluding hydrogens is 160 g/mol. The van der Waals surface area contributed by atoms with Crippen molar-refractivity contribution in [3.05, 3.63) is 23.8 Å². The number of benzene rings is 1. The predicted molar refractivity (Wildman–Crippen MR) is 60.7 cm³/mol. The van der Waals surface area contributed by atoms with E-state index in [0.29, 0.717) is 11.6 Å². The fourth-order valence-corrected chi connectivity index (χ4v) is 1.11. The van der Waals surface area contributed by atoms with Gasteiger partial charge in [-0.05, 0) is 17.5 Å². The topological polar surface area (TPSA) is 52.0 Å². The van der Waals surface area contributed by atoms with Crippen LogP contribution in [-0.4, -0.2) is 0 Å². The second-order valence-electron chi connectivity index (χ2n) is 3.00. The molecule has 1 rings (SSSR count). The zero-order chi connectivity index (χ0) is 10.4. The van der Waals surface area contributed by atoms with Crippen LogP contribution in [0.1, 0.15) is 39.2 Å². The number of hydrogen-bond acceptors (Lipinski definition) is 2. The van der Waals surface area contributed by atoms with Gasteiger partial charge in [-0.15, -0.1) is 0 Å². The van der Waals surface area contributed by atoms with Gasteiger partial charge in [0.25, 0.3) is 0 Å². The first-order valence-electron chi connectivity index (χ1n) is 4.76. The largest absolute Gasteiger partial charge is 0.397 e. The molecule has 1 aromatic rings. The van der Waals surface area contributed by atoms with Crippen LogP contribution in [0.5, 0.6) is 0 Å². The summed E-state index contributed by atoms with van der Waals surface area (Å²) in [6.07, 6.45) is 0. The van der Waals surface area contributed by atoms with Gasteiger partial charge in [0.05, 0.1) is 11.4 Å². The molecule has 13 heavy (non-hydrogen) atoms. The first-order chi connectivity index (χ1) is 6.13. The summed E-state index contributed by atoms with van der Waals surface area (Å²) in [7, 11) is 0. The predicted octanol–water partition coefficient (Wildman–Crippen LogP) is 3.00. The van der Waals surface area contributed by atoms with Crippen LogP contribution in [0.4, 0.5) is 11.4 Å². The van der Waals surface area contributed by atoms with E-state index in [-0.39, 0.29) is 0 Å². The Labute approximate surface area is 80.9 Å². The lowest BCUT2D eigenvalue weighted by Crippen LogP contribution is -2.00. The molecule has 0 saturated heterocycles. The van der Waals surface area contributed by atoms with E-state index in [0.717, 1.165) is 11.3 Å². The molecule has 0 amide bonds. The molecule has 0 spiro atoms. The Morgan fingerprint density at radius 3 is 2.00 bits per heavy atom. The number of nitrogen functional groups attached to an aromatic ring is 2. The average Bonchev–Trinajstić information content (AvgIpc) is 2.13. The molecule has 0 atom stereocenters. The Morgan fingerprint density at radius 1 is 1.08 bits per heavy atom. The van der Waals surface area contributed by atoms with Crippen molar-refractivity contribution in [1.82, 2.24) is 0 Å². The van der Waals surface area contributed by atoms with Crippen LogP contribution in [-0.2, 0) is 0 Å². The van der Waals surface area contributed by atoms with Crippen molar-refractivity contribution >= 4 is 11.4 Å². The van der Waals surface area contributed by atoms with E-state index in [1.54, 1.807) is 0 Å². The van der Waals surface area contributed by atoms with Crippen LogP contribution >= 0.6 is 0 Å². The molecule has 4 N–H and O–H groups in total. The summed E-state index contributed by atoms with van der Waals surface area (Å²) in [5.74, 6) is 0.443. The standard InChI is InChI=1S/C9H14N2.C2H6/c1-6(2)7-4-3-5-8(10)9(7)11;1-2/h3-6H,10-11H2,1-2H3;1-2H3. The Balaban J connectivity index is 0.000000671. The van der Waals surface area contributed by atoms with E-state index in [4.69, 9.17) is 11.5 Å². The molecule has 2 heteroatoms. The smallest absolute Gasteiger partial charge is 0.0582 e. The van der Waals surface area contributed by atoms with Crippen LogP contribution in [0.25, 0.3) is 0 Å². The molecular formula is C11H20N2. The minimum absolute atomic E-state index is 0.443. The lowest BCUT2D eigenvalue weighted by molar-refractivity contribution is 0.870. The van der Waals surface area contributed by atoms with Gasteiger partial charge in [0, 0.05) is 0 Å². The number of hydrogen-bond donors (Lipinski definition) is 2. The molecule has 2 nitrogen and oxygen atoms in total. The maximum absolute atomic E-state index is 5.76. The lowest BCUT2D eigenvalue weighted by atomic mass is 10.0. The van der Waals surface area contributed by atoms with E-state index in [2.05, 4.69) is 13.8 Å². The Hall–Kier alpha value is -1.18. The molecule has 0 saturated carbocycles. The summed E-state index contributed by atoms with van der Waals surface area (Å²) in [4.78, 5) is 0. The number of nitrogens with two attached hydrogens (primary N) is 2. The van der Waals surface area contributed by atoms with Crippen molar-refractivity contribution in [2.45, 2.75) is 33.6 Å². The third kappa shape index (κ3) is 2.98. The summed E-state index contributed by atoms with van der Waals surface area (Å²) in [6.45, 7) is 8.20. The molecule has 0 aliphatic rings. The second kappa shape index (κ2) is 5.46. The van der Waals surface area contributed by atoms with Crippen LogP contribution < -0.4 is 11.5 Å². The summed E-state index contributed by atoms with van der Waals surface area (Å²) < 4.78 is 0. The van der Waals surface area contributed by atoms with Gasteiger partial charge >= 0.3 is 0 Å². The normalized spacial score (nSPS) is 9.31. The Kier molecular flexibility index (Phi) is 4.97. The molecule has 1 aromatic carbocycles. The van der Waals surface area contributed by atoms with Gasteiger partial charge in [0.15, 0.2) is 0 Å². The number of anilines is 2. The van der Waals surface area contributed by atoms with Gasteiger partial charge in [-0.25, -0.2) is 0 Å². The minimum Gasteiger partial charge on any atom is -0.397 e. The van der Waals surface area contributed by atoms with Gasteiger partial charge in [-0.3, -0.25) is 0 Å². The molecule has 0 unspecified atom stereocenters. The molecule has 74 valence electrons. The highest BCUT2D eigenvalue weighted by molar-refractivity contribution is 5.67. The first-order valence-corrected chi connectivity index (χ1v) is 4.76. The van der Waals surface area contributed by atoms with E-state index >= 15 is 0 Å². The summed E-state index contributed by atoms with van der Waals surface area (Å²) in [5.41, 5.74) is 13.9. The van der Waals surface area contributed by atoms with Crippen molar-refractivity contribution in [3.63, 3.8) is 0 Å². The van der Waals surface area contributed by atoms with E-state index in [1.165, 1.54) is 0 Å². The zero-order valence-corrected chi connectivity index (χ0v) is 8.96. The molecule has 0 heterocycles. The maximum atomic E-state index is 5.76. The molecule has 0 bridgehead atoms. The van der Waals surface area contributed by atoms with Gasteiger partial charge < -0.3 is 11.5 Å². The van der Waals surface area contributed by atoms with Crippen molar-refractivity contribution < 1.29 is 0 Å². The summed E-state index contributed by atoms with van der Waals surface area (Å²) in [6, 6.07) is 5.76. The van der Waals surface area contributed by atoms with E-state index in [1.807, 2.05) is 32.0 Å². The highest BCUT2D eigenvalue weighted by Crippen LogP contribution is 2.25. The van der Waals surface area contributed by atoms with Crippen molar-refractivity contribution in [2.24, 2.45) is 0 Å². The molecule has 0 radical (unpaired) electrons. The monoisotopic (exact) mass is 180 g/mol. The highest BCUT2D eigenvalue weighted by Gasteiger charge is 2.04. The quantitative estimate of drug-likeness (QED) is 0.653. The second-order valence-corrected chi connectivity index (χ2v) is 3.00. The van der Waals surface area contributed by atoms with Gasteiger partial charge in [-0.1, -0.05) is 39.8 Å². The third-order valence-corrected chi connectivity index (χ3v) is 1.80. The van der Waals surface area contributed by atoms with Gasteiger partial charge in [0.1, 0.15) is 0 Å². The summed E-state index contributed by atoms with van der Waals surface area (Å²) in [5, 5.41) is 0. The molecule has 0 aliphatic carbocycles. The van der Waals surface area contributed by atoms with Crippen LogP contribution in [0.2, 0.25) is 0 Å². The first kappa shape index (κ1) is 11.8. The molecule has 0 aromatic heterocycles. The Bertz CT molecular complexity index is 254. The molecule has 0 aliphatic heterocycles. The fourth-order valence-electron chi connectivity index (χ4n) is 1.11. The van der Waals surface area contributed by atoms with Crippen LogP contribution in [0.3, 0.4) is 0 Å². The number of rotatable bonds is 1. The summed E-state index contributed by atoms with van der Waals surface area (Å²) >= 11 is 0. The highest BCUT2D eigenvalue weighted by atomic mass is 14.7. The third-order valence-electron chi connectivity index (χ3n) is 1.80. The minimum atomic E-state index is 0.443. The van der Waals surface area contributed by atoms with Gasteiger partial charge in [-0.2, -0.15) is 0 Å². The lowest BCUT2D eigenvalue weighted by Gasteiger charge is -2.10. The van der Waals surface area contributed by atoms with E-state index < -0.39 is 0 Å². The Morgan fingerprint density at radius 2 is 1.62 bits per heavy atom. The van der Waals surface area contributed by atoms with Crippen molar-refractivity contribution in [3.8, 4) is 0 Å². The van der Waals surface area contributed by atoms with Gasteiger partial charge in [0.2, 0.25) is 0 Å².